The van der Waals surface area contributed by atoms with E-state index in [-0.39, 0.29) is 11.7 Å². The van der Waals surface area contributed by atoms with Gasteiger partial charge in [-0.2, -0.15) is 0 Å². The molecular formula is C15H14BrNO2. The summed E-state index contributed by atoms with van der Waals surface area (Å²) in [5.74, 6) is 0.102. The first-order valence-corrected chi connectivity index (χ1v) is 6.61. The standard InChI is InChI=1S/C15H14BrNO2/c1-10-9-11(3-8-14(10)16)15(19)17(2)12-4-6-13(18)7-5-12/h3-9,18H,1-2H3. The number of carbonyl (C=O) groups excluding carboxylic acids is 1. The minimum Gasteiger partial charge on any atom is -0.508 e. The van der Waals surface area contributed by atoms with Crippen LogP contribution in [0.1, 0.15) is 15.9 Å². The van der Waals surface area contributed by atoms with Crippen LogP contribution in [0.4, 0.5) is 5.69 Å². The third kappa shape index (κ3) is 2.96. The minimum absolute atomic E-state index is 0.0821. The Balaban J connectivity index is 2.28. The van der Waals surface area contributed by atoms with Crippen LogP contribution in [-0.4, -0.2) is 18.1 Å². The lowest BCUT2D eigenvalue weighted by Gasteiger charge is -2.18. The smallest absolute Gasteiger partial charge is 0.258 e. The molecule has 0 saturated heterocycles. The molecule has 0 fully saturated rings. The van der Waals surface area contributed by atoms with Gasteiger partial charge in [-0.15, -0.1) is 0 Å². The van der Waals surface area contributed by atoms with Gasteiger partial charge >= 0.3 is 0 Å². The lowest BCUT2D eigenvalue weighted by atomic mass is 10.1. The molecule has 0 aliphatic rings. The van der Waals surface area contributed by atoms with E-state index in [0.717, 1.165) is 15.7 Å². The Hall–Kier alpha value is -1.81. The number of hydrogen-bond acceptors (Lipinski definition) is 2. The third-order valence-corrected chi connectivity index (χ3v) is 3.84. The summed E-state index contributed by atoms with van der Waals surface area (Å²) in [4.78, 5) is 13.9. The summed E-state index contributed by atoms with van der Waals surface area (Å²) in [6, 6.07) is 12.0. The van der Waals surface area contributed by atoms with E-state index in [1.807, 2.05) is 19.1 Å². The molecule has 0 atom stereocenters. The van der Waals surface area contributed by atoms with E-state index in [2.05, 4.69) is 15.9 Å². The molecule has 2 aromatic rings. The van der Waals surface area contributed by atoms with Crippen LogP contribution in [0.25, 0.3) is 0 Å². The summed E-state index contributed by atoms with van der Waals surface area (Å²) < 4.78 is 0.983. The fourth-order valence-corrected chi connectivity index (χ4v) is 2.01. The van der Waals surface area contributed by atoms with Gasteiger partial charge in [0.15, 0.2) is 0 Å². The average molecular weight is 320 g/mol. The van der Waals surface area contributed by atoms with Crippen molar-refractivity contribution in [1.29, 1.82) is 0 Å². The Bertz CT molecular complexity index is 608. The summed E-state index contributed by atoms with van der Waals surface area (Å²) in [6.45, 7) is 1.95. The number of benzene rings is 2. The van der Waals surface area contributed by atoms with Gasteiger partial charge in [-0.1, -0.05) is 15.9 Å². The molecule has 0 bridgehead atoms. The molecular weight excluding hydrogens is 306 g/mol. The highest BCUT2D eigenvalue weighted by Gasteiger charge is 2.14. The van der Waals surface area contributed by atoms with Crippen LogP contribution in [0.2, 0.25) is 0 Å². The van der Waals surface area contributed by atoms with Crippen LogP contribution in [0.15, 0.2) is 46.9 Å². The predicted molar refractivity (Wildman–Crippen MR) is 79.7 cm³/mol. The molecule has 2 aromatic carbocycles. The van der Waals surface area contributed by atoms with E-state index in [1.54, 1.807) is 42.3 Å². The number of halogens is 1. The Morgan fingerprint density at radius 3 is 2.37 bits per heavy atom. The molecule has 0 radical (unpaired) electrons. The molecule has 0 spiro atoms. The van der Waals surface area contributed by atoms with E-state index in [1.165, 1.54) is 0 Å². The molecule has 0 aliphatic carbocycles. The van der Waals surface area contributed by atoms with Crippen LogP contribution in [0, 0.1) is 6.92 Å². The Morgan fingerprint density at radius 1 is 1.16 bits per heavy atom. The van der Waals surface area contributed by atoms with Gasteiger partial charge in [-0.05, 0) is 55.0 Å². The van der Waals surface area contributed by atoms with E-state index < -0.39 is 0 Å². The van der Waals surface area contributed by atoms with Gasteiger partial charge in [-0.25, -0.2) is 0 Å². The maximum Gasteiger partial charge on any atom is 0.258 e. The van der Waals surface area contributed by atoms with Crippen molar-refractivity contribution in [1.82, 2.24) is 0 Å². The van der Waals surface area contributed by atoms with Gasteiger partial charge in [0.1, 0.15) is 5.75 Å². The van der Waals surface area contributed by atoms with Gasteiger partial charge in [-0.3, -0.25) is 4.79 Å². The van der Waals surface area contributed by atoms with E-state index in [0.29, 0.717) is 5.56 Å². The highest BCUT2D eigenvalue weighted by molar-refractivity contribution is 9.10. The summed E-state index contributed by atoms with van der Waals surface area (Å²) >= 11 is 3.42. The Labute approximate surface area is 120 Å². The van der Waals surface area contributed by atoms with Crippen LogP contribution < -0.4 is 4.90 Å². The lowest BCUT2D eigenvalue weighted by Crippen LogP contribution is -2.26. The van der Waals surface area contributed by atoms with Gasteiger partial charge in [0.2, 0.25) is 0 Å². The van der Waals surface area contributed by atoms with Crippen molar-refractivity contribution in [2.45, 2.75) is 6.92 Å². The number of amides is 1. The first-order valence-electron chi connectivity index (χ1n) is 5.82. The fourth-order valence-electron chi connectivity index (χ4n) is 1.76. The molecule has 0 unspecified atom stereocenters. The maximum atomic E-state index is 12.3. The van der Waals surface area contributed by atoms with Crippen molar-refractivity contribution in [3.63, 3.8) is 0 Å². The molecule has 0 aromatic heterocycles. The van der Waals surface area contributed by atoms with Gasteiger partial charge in [0, 0.05) is 22.8 Å². The number of aryl methyl sites for hydroxylation is 1. The van der Waals surface area contributed by atoms with Crippen molar-refractivity contribution in [3.05, 3.63) is 58.1 Å². The number of phenols is 1. The molecule has 0 saturated carbocycles. The topological polar surface area (TPSA) is 40.5 Å². The number of carbonyl (C=O) groups is 1. The molecule has 0 aliphatic heterocycles. The molecule has 0 heterocycles. The van der Waals surface area contributed by atoms with E-state index >= 15 is 0 Å². The largest absolute Gasteiger partial charge is 0.508 e. The first-order chi connectivity index (χ1) is 8.99. The van der Waals surface area contributed by atoms with Crippen LogP contribution in [0.5, 0.6) is 5.75 Å². The van der Waals surface area contributed by atoms with Crippen molar-refractivity contribution in [3.8, 4) is 5.75 Å². The predicted octanol–water partition coefficient (Wildman–Crippen LogP) is 3.74. The summed E-state index contributed by atoms with van der Waals surface area (Å²) in [6.07, 6.45) is 0. The maximum absolute atomic E-state index is 12.3. The van der Waals surface area contributed by atoms with E-state index in [9.17, 15) is 9.90 Å². The van der Waals surface area contributed by atoms with E-state index in [4.69, 9.17) is 0 Å². The molecule has 2 rings (SSSR count). The number of nitrogens with zero attached hydrogens (tertiary/aromatic N) is 1. The molecule has 4 heteroatoms. The summed E-state index contributed by atoms with van der Waals surface area (Å²) in [5, 5.41) is 9.25. The first kappa shape index (κ1) is 13.6. The van der Waals surface area contributed by atoms with Gasteiger partial charge in [0.25, 0.3) is 5.91 Å². The second-order valence-corrected chi connectivity index (χ2v) is 5.20. The van der Waals surface area contributed by atoms with Crippen LogP contribution >= 0.6 is 15.9 Å². The Kier molecular flexibility index (Phi) is 3.90. The van der Waals surface area contributed by atoms with Gasteiger partial charge < -0.3 is 10.0 Å². The zero-order valence-electron chi connectivity index (χ0n) is 10.7. The third-order valence-electron chi connectivity index (χ3n) is 2.95. The quantitative estimate of drug-likeness (QED) is 0.916. The van der Waals surface area contributed by atoms with Crippen LogP contribution in [-0.2, 0) is 0 Å². The Morgan fingerprint density at radius 2 is 1.79 bits per heavy atom. The SMILES string of the molecule is Cc1cc(C(=O)N(C)c2ccc(O)cc2)ccc1Br. The molecule has 1 N–H and O–H groups in total. The zero-order chi connectivity index (χ0) is 14.0. The second kappa shape index (κ2) is 5.45. The normalized spacial score (nSPS) is 10.3. The van der Waals surface area contributed by atoms with Crippen molar-refractivity contribution in [2.75, 3.05) is 11.9 Å². The lowest BCUT2D eigenvalue weighted by molar-refractivity contribution is 0.0993. The number of rotatable bonds is 2. The number of hydrogen-bond donors (Lipinski definition) is 1. The number of aromatic hydroxyl groups is 1. The van der Waals surface area contributed by atoms with Gasteiger partial charge in [0.05, 0.1) is 0 Å². The highest BCUT2D eigenvalue weighted by Crippen LogP contribution is 2.21. The summed E-state index contributed by atoms with van der Waals surface area (Å²) in [5.41, 5.74) is 2.39. The molecule has 19 heavy (non-hydrogen) atoms. The molecule has 3 nitrogen and oxygen atoms in total. The van der Waals surface area contributed by atoms with Crippen molar-refractivity contribution < 1.29 is 9.90 Å². The number of phenolic OH excluding ortho intramolecular Hbond substituents is 1. The highest BCUT2D eigenvalue weighted by atomic mass is 79.9. The second-order valence-electron chi connectivity index (χ2n) is 4.34. The van der Waals surface area contributed by atoms with Crippen LogP contribution in [0.3, 0.4) is 0 Å². The number of anilines is 1. The zero-order valence-corrected chi connectivity index (χ0v) is 12.3. The molecule has 98 valence electrons. The van der Waals surface area contributed by atoms with Crippen molar-refractivity contribution >= 4 is 27.5 Å². The fraction of sp³-hybridized carbons (Fsp3) is 0.133. The monoisotopic (exact) mass is 319 g/mol. The average Bonchev–Trinajstić information content (AvgIpc) is 2.41. The minimum atomic E-state index is -0.0821. The molecule has 1 amide bonds. The summed E-state index contributed by atoms with van der Waals surface area (Å²) in [7, 11) is 1.71. The van der Waals surface area contributed by atoms with Crippen molar-refractivity contribution in [2.24, 2.45) is 0 Å².